The Balaban J connectivity index is 1.48. The SMILES string of the molecule is COc1ccc(CCNC(=S)N(Cc2cc3c(C)cc(C)cc3[nH]c2=O)CC2CCCO2)cc1OC. The Morgan fingerprint density at radius 3 is 2.69 bits per heavy atom. The van der Waals surface area contributed by atoms with Crippen molar-refractivity contribution in [3.05, 3.63) is 69.0 Å². The first-order chi connectivity index (χ1) is 17.4. The predicted octanol–water partition coefficient (Wildman–Crippen LogP) is 4.26. The summed E-state index contributed by atoms with van der Waals surface area (Å²) in [6, 6.07) is 12.1. The number of methoxy groups -OCH3 is 2. The Morgan fingerprint density at radius 1 is 1.17 bits per heavy atom. The number of aryl methyl sites for hydroxylation is 2. The lowest BCUT2D eigenvalue weighted by Crippen LogP contribution is -2.44. The Bertz CT molecular complexity index is 1280. The maximum Gasteiger partial charge on any atom is 0.253 e. The number of thiocarbonyl (C=S) groups is 1. The molecule has 0 amide bonds. The summed E-state index contributed by atoms with van der Waals surface area (Å²) in [4.78, 5) is 18.1. The molecule has 0 spiro atoms. The summed E-state index contributed by atoms with van der Waals surface area (Å²) in [6.07, 6.45) is 2.92. The van der Waals surface area contributed by atoms with Gasteiger partial charge in [-0.25, -0.2) is 0 Å². The average molecular weight is 510 g/mol. The second-order valence-electron chi connectivity index (χ2n) is 9.35. The van der Waals surface area contributed by atoms with E-state index in [1.807, 2.05) is 37.3 Å². The fraction of sp³-hybridized carbons (Fsp3) is 0.429. The molecule has 2 heterocycles. The number of benzene rings is 2. The van der Waals surface area contributed by atoms with Crippen molar-refractivity contribution in [2.24, 2.45) is 0 Å². The topological polar surface area (TPSA) is 75.8 Å². The summed E-state index contributed by atoms with van der Waals surface area (Å²) in [5.74, 6) is 1.41. The molecule has 0 bridgehead atoms. The number of nitrogens with one attached hydrogen (secondary N) is 2. The van der Waals surface area contributed by atoms with Gasteiger partial charge in [0.15, 0.2) is 16.6 Å². The van der Waals surface area contributed by atoms with Crippen LogP contribution in [0.3, 0.4) is 0 Å². The van der Waals surface area contributed by atoms with Crippen LogP contribution in [0.1, 0.15) is 35.1 Å². The van der Waals surface area contributed by atoms with E-state index in [0.29, 0.717) is 41.8 Å². The van der Waals surface area contributed by atoms with E-state index in [4.69, 9.17) is 26.4 Å². The van der Waals surface area contributed by atoms with Gasteiger partial charge in [-0.3, -0.25) is 4.79 Å². The highest BCUT2D eigenvalue weighted by Crippen LogP contribution is 2.27. The molecule has 0 aliphatic carbocycles. The molecule has 0 saturated carbocycles. The number of aromatic nitrogens is 1. The van der Waals surface area contributed by atoms with E-state index in [1.54, 1.807) is 14.2 Å². The summed E-state index contributed by atoms with van der Waals surface area (Å²) in [5.41, 5.74) is 4.86. The molecule has 2 aromatic carbocycles. The van der Waals surface area contributed by atoms with Gasteiger partial charge in [0.2, 0.25) is 0 Å². The van der Waals surface area contributed by atoms with Gasteiger partial charge in [0.25, 0.3) is 5.56 Å². The first-order valence-electron chi connectivity index (χ1n) is 12.4. The minimum atomic E-state index is -0.0852. The Morgan fingerprint density at radius 2 is 1.97 bits per heavy atom. The summed E-state index contributed by atoms with van der Waals surface area (Å²) < 4.78 is 16.6. The van der Waals surface area contributed by atoms with Crippen molar-refractivity contribution >= 4 is 28.2 Å². The van der Waals surface area contributed by atoms with Gasteiger partial charge in [0.05, 0.1) is 26.9 Å². The molecule has 8 heteroatoms. The summed E-state index contributed by atoms with van der Waals surface area (Å²) in [5, 5.41) is 5.06. The van der Waals surface area contributed by atoms with Crippen LogP contribution in [0, 0.1) is 13.8 Å². The van der Waals surface area contributed by atoms with E-state index < -0.39 is 0 Å². The molecule has 4 rings (SSSR count). The molecule has 192 valence electrons. The summed E-state index contributed by atoms with van der Waals surface area (Å²) in [7, 11) is 3.26. The van der Waals surface area contributed by atoms with Gasteiger partial charge in [0.1, 0.15) is 0 Å². The molecule has 0 radical (unpaired) electrons. The van der Waals surface area contributed by atoms with Crippen LogP contribution in [0.15, 0.2) is 41.2 Å². The zero-order valence-corrected chi connectivity index (χ0v) is 22.3. The molecule has 1 aliphatic heterocycles. The van der Waals surface area contributed by atoms with Crippen molar-refractivity contribution < 1.29 is 14.2 Å². The number of fused-ring (bicyclic) bond motifs is 1. The van der Waals surface area contributed by atoms with E-state index >= 15 is 0 Å². The molecule has 1 aliphatic rings. The molecule has 1 aromatic heterocycles. The van der Waals surface area contributed by atoms with Crippen molar-refractivity contribution in [3.8, 4) is 11.5 Å². The van der Waals surface area contributed by atoms with Gasteiger partial charge in [-0.05, 0) is 86.3 Å². The number of H-pyrrole nitrogens is 1. The Labute approximate surface area is 217 Å². The molecule has 3 aromatic rings. The van der Waals surface area contributed by atoms with Crippen molar-refractivity contribution in [1.82, 2.24) is 15.2 Å². The van der Waals surface area contributed by atoms with Crippen molar-refractivity contribution in [3.63, 3.8) is 0 Å². The van der Waals surface area contributed by atoms with Crippen molar-refractivity contribution in [2.75, 3.05) is 33.9 Å². The highest BCUT2D eigenvalue weighted by Gasteiger charge is 2.22. The van der Waals surface area contributed by atoms with Crippen LogP contribution in [-0.2, 0) is 17.7 Å². The van der Waals surface area contributed by atoms with Crippen LogP contribution in [0.5, 0.6) is 11.5 Å². The summed E-state index contributed by atoms with van der Waals surface area (Å²) in [6.45, 7) is 6.60. The number of ether oxygens (including phenoxy) is 3. The average Bonchev–Trinajstić information content (AvgIpc) is 3.37. The number of aromatic amines is 1. The first kappa shape index (κ1) is 26.0. The predicted molar refractivity (Wildman–Crippen MR) is 147 cm³/mol. The van der Waals surface area contributed by atoms with Crippen LogP contribution < -0.4 is 20.3 Å². The lowest BCUT2D eigenvalue weighted by molar-refractivity contribution is 0.0897. The van der Waals surface area contributed by atoms with Crippen LogP contribution >= 0.6 is 12.2 Å². The van der Waals surface area contributed by atoms with E-state index in [0.717, 1.165) is 53.5 Å². The molecule has 1 fully saturated rings. The minimum absolute atomic E-state index is 0.0852. The van der Waals surface area contributed by atoms with E-state index in [9.17, 15) is 4.79 Å². The van der Waals surface area contributed by atoms with E-state index in [-0.39, 0.29) is 11.7 Å². The standard InChI is InChI=1S/C28H35N3O4S/c1-18-12-19(2)23-15-21(27(32)30-24(23)13-18)16-31(17-22-6-5-11-35-22)28(36)29-10-9-20-7-8-25(33-3)26(14-20)34-4/h7-8,12-15,22H,5-6,9-11,16-17H2,1-4H3,(H,29,36)(H,30,32). The second-order valence-corrected chi connectivity index (χ2v) is 9.74. The minimum Gasteiger partial charge on any atom is -0.493 e. The molecule has 7 nitrogen and oxygen atoms in total. The monoisotopic (exact) mass is 509 g/mol. The van der Waals surface area contributed by atoms with Crippen LogP contribution in [-0.4, -0.2) is 55.0 Å². The Kier molecular flexibility index (Phi) is 8.48. The van der Waals surface area contributed by atoms with E-state index in [2.05, 4.69) is 28.2 Å². The largest absolute Gasteiger partial charge is 0.493 e. The molecular weight excluding hydrogens is 474 g/mol. The zero-order chi connectivity index (χ0) is 25.7. The van der Waals surface area contributed by atoms with Crippen LogP contribution in [0.25, 0.3) is 10.9 Å². The number of rotatable bonds is 9. The molecular formula is C28H35N3O4S. The fourth-order valence-electron chi connectivity index (χ4n) is 4.75. The third-order valence-corrected chi connectivity index (χ3v) is 7.03. The van der Waals surface area contributed by atoms with Gasteiger partial charge in [-0.1, -0.05) is 12.1 Å². The zero-order valence-electron chi connectivity index (χ0n) is 21.5. The number of hydrogen-bond donors (Lipinski definition) is 2. The lowest BCUT2D eigenvalue weighted by atomic mass is 10.0. The smallest absolute Gasteiger partial charge is 0.253 e. The van der Waals surface area contributed by atoms with Crippen molar-refractivity contribution in [2.45, 2.75) is 45.8 Å². The summed E-state index contributed by atoms with van der Waals surface area (Å²) >= 11 is 5.80. The molecule has 1 unspecified atom stereocenters. The van der Waals surface area contributed by atoms with E-state index in [1.165, 1.54) is 0 Å². The third-order valence-electron chi connectivity index (χ3n) is 6.62. The first-order valence-corrected chi connectivity index (χ1v) is 12.8. The molecule has 2 N–H and O–H groups in total. The van der Waals surface area contributed by atoms with Crippen LogP contribution in [0.4, 0.5) is 0 Å². The fourth-order valence-corrected chi connectivity index (χ4v) is 5.00. The second kappa shape index (κ2) is 11.8. The normalized spacial score (nSPS) is 15.2. The van der Waals surface area contributed by atoms with Crippen molar-refractivity contribution in [1.29, 1.82) is 0 Å². The van der Waals surface area contributed by atoms with Gasteiger partial charge in [0, 0.05) is 36.2 Å². The highest BCUT2D eigenvalue weighted by molar-refractivity contribution is 7.80. The molecule has 1 atom stereocenters. The van der Waals surface area contributed by atoms with Crippen LogP contribution in [0.2, 0.25) is 0 Å². The quantitative estimate of drug-likeness (QED) is 0.418. The van der Waals surface area contributed by atoms with Gasteiger partial charge >= 0.3 is 0 Å². The molecule has 36 heavy (non-hydrogen) atoms. The third kappa shape index (κ3) is 6.17. The highest BCUT2D eigenvalue weighted by atomic mass is 32.1. The lowest BCUT2D eigenvalue weighted by Gasteiger charge is -2.28. The molecule has 1 saturated heterocycles. The van der Waals surface area contributed by atoms with Gasteiger partial charge in [-0.15, -0.1) is 0 Å². The maximum absolute atomic E-state index is 13.0. The van der Waals surface area contributed by atoms with Gasteiger partial charge in [-0.2, -0.15) is 0 Å². The maximum atomic E-state index is 13.0. The Hall–Kier alpha value is -3.10. The number of hydrogen-bond acceptors (Lipinski definition) is 5. The number of pyridine rings is 1. The van der Waals surface area contributed by atoms with Gasteiger partial charge < -0.3 is 29.4 Å². The number of nitrogens with zero attached hydrogens (tertiary/aromatic N) is 1.